The number of carbonyl (C=O) groups excluding carboxylic acids is 2. The molecule has 2 fully saturated rings. The third-order valence-corrected chi connectivity index (χ3v) is 5.38. The smallest absolute Gasteiger partial charge is 0.231 e. The van der Waals surface area contributed by atoms with Crippen molar-refractivity contribution in [2.45, 2.75) is 51.5 Å². The second-order valence-corrected chi connectivity index (χ2v) is 6.73. The highest BCUT2D eigenvalue weighted by Gasteiger charge is 2.60. The van der Waals surface area contributed by atoms with Gasteiger partial charge in [0.05, 0.1) is 11.5 Å². The summed E-state index contributed by atoms with van der Waals surface area (Å²) in [6.45, 7) is 2.98. The van der Waals surface area contributed by atoms with Gasteiger partial charge in [0.2, 0.25) is 11.8 Å². The van der Waals surface area contributed by atoms with E-state index in [0.29, 0.717) is 19.5 Å². The van der Waals surface area contributed by atoms with Crippen molar-refractivity contribution < 1.29 is 9.59 Å². The molecule has 124 valence electrons. The zero-order valence-corrected chi connectivity index (χ0v) is 13.9. The van der Waals surface area contributed by atoms with Crippen molar-refractivity contribution in [2.75, 3.05) is 13.1 Å². The van der Waals surface area contributed by atoms with Crippen molar-refractivity contribution in [1.82, 2.24) is 10.2 Å². The summed E-state index contributed by atoms with van der Waals surface area (Å²) in [5, 5.41) is 2.88. The van der Waals surface area contributed by atoms with Crippen LogP contribution in [-0.2, 0) is 9.59 Å². The molecule has 1 saturated heterocycles. The van der Waals surface area contributed by atoms with E-state index in [1.54, 1.807) is 0 Å². The molecule has 1 aromatic carbocycles. The maximum absolute atomic E-state index is 12.9. The second-order valence-electron chi connectivity index (χ2n) is 6.73. The van der Waals surface area contributed by atoms with Crippen molar-refractivity contribution >= 4 is 11.8 Å². The van der Waals surface area contributed by atoms with Gasteiger partial charge in [-0.05, 0) is 18.4 Å². The maximum atomic E-state index is 12.9. The molecule has 0 bridgehead atoms. The van der Waals surface area contributed by atoms with Crippen LogP contribution < -0.4 is 5.32 Å². The van der Waals surface area contributed by atoms with E-state index in [-0.39, 0.29) is 23.3 Å². The van der Waals surface area contributed by atoms with Crippen molar-refractivity contribution in [3.05, 3.63) is 35.9 Å². The average molecular weight is 314 g/mol. The maximum Gasteiger partial charge on any atom is 0.231 e. The van der Waals surface area contributed by atoms with Crippen molar-refractivity contribution in [2.24, 2.45) is 5.41 Å². The molecule has 1 heterocycles. The minimum atomic E-state index is -0.186. The van der Waals surface area contributed by atoms with Crippen LogP contribution in [0.3, 0.4) is 0 Å². The Balaban J connectivity index is 1.76. The Morgan fingerprint density at radius 1 is 1.22 bits per heavy atom. The minimum Gasteiger partial charge on any atom is -0.354 e. The van der Waals surface area contributed by atoms with Crippen LogP contribution in [0.25, 0.3) is 0 Å². The van der Waals surface area contributed by atoms with E-state index in [1.807, 2.05) is 30.0 Å². The Labute approximate surface area is 138 Å². The van der Waals surface area contributed by atoms with E-state index in [2.05, 4.69) is 17.4 Å². The molecule has 0 radical (unpaired) electrons. The highest BCUT2D eigenvalue weighted by Crippen LogP contribution is 2.57. The van der Waals surface area contributed by atoms with E-state index in [1.165, 1.54) is 12.0 Å². The number of benzene rings is 1. The van der Waals surface area contributed by atoms with Crippen molar-refractivity contribution in [3.63, 3.8) is 0 Å². The van der Waals surface area contributed by atoms with Crippen LogP contribution in [0.2, 0.25) is 0 Å². The molecule has 1 aliphatic carbocycles. The fourth-order valence-corrected chi connectivity index (χ4v) is 4.23. The Kier molecular flexibility index (Phi) is 4.69. The van der Waals surface area contributed by atoms with E-state index < -0.39 is 0 Å². The molecule has 1 saturated carbocycles. The Bertz CT molecular complexity index is 564. The number of amides is 2. The standard InChI is InChI=1S/C19H26N2O2/c1-2-16(22)20-13-14-21-17(15-9-5-3-6-10-15)19(18(21)23)11-7-4-8-12-19/h3,5-6,9-10,17H,2,4,7-8,11-14H2,1H3,(H,20,22). The van der Waals surface area contributed by atoms with Gasteiger partial charge < -0.3 is 10.2 Å². The predicted octanol–water partition coefficient (Wildman–Crippen LogP) is 3.05. The van der Waals surface area contributed by atoms with E-state index in [4.69, 9.17) is 0 Å². The molecule has 1 spiro atoms. The monoisotopic (exact) mass is 314 g/mol. The lowest BCUT2D eigenvalue weighted by Gasteiger charge is -2.58. The summed E-state index contributed by atoms with van der Waals surface area (Å²) in [5.74, 6) is 0.332. The topological polar surface area (TPSA) is 49.4 Å². The summed E-state index contributed by atoms with van der Waals surface area (Å²) in [5.41, 5.74) is 1.05. The first-order valence-corrected chi connectivity index (χ1v) is 8.82. The lowest BCUT2D eigenvalue weighted by atomic mass is 9.60. The number of nitrogens with one attached hydrogen (secondary N) is 1. The van der Waals surface area contributed by atoms with E-state index >= 15 is 0 Å². The third-order valence-electron chi connectivity index (χ3n) is 5.38. The van der Waals surface area contributed by atoms with Gasteiger partial charge in [-0.3, -0.25) is 9.59 Å². The number of β-lactam (4-membered cyclic amide) rings is 1. The quantitative estimate of drug-likeness (QED) is 0.849. The lowest BCUT2D eigenvalue weighted by molar-refractivity contribution is -0.178. The molecular formula is C19H26N2O2. The number of likely N-dealkylation sites (tertiary alicyclic amines) is 1. The first-order valence-electron chi connectivity index (χ1n) is 8.82. The van der Waals surface area contributed by atoms with Crippen LogP contribution in [0.15, 0.2) is 30.3 Å². The van der Waals surface area contributed by atoms with Gasteiger partial charge in [-0.25, -0.2) is 0 Å². The molecule has 4 nitrogen and oxygen atoms in total. The number of nitrogens with zero attached hydrogens (tertiary/aromatic N) is 1. The molecule has 1 aromatic rings. The Morgan fingerprint density at radius 3 is 2.57 bits per heavy atom. The van der Waals surface area contributed by atoms with Gasteiger partial charge in [-0.2, -0.15) is 0 Å². The SMILES string of the molecule is CCC(=O)NCCN1C(=O)C2(CCCCC2)C1c1ccccc1. The van der Waals surface area contributed by atoms with Gasteiger partial charge in [-0.1, -0.05) is 56.5 Å². The normalized spacial score (nSPS) is 22.7. The van der Waals surface area contributed by atoms with Gasteiger partial charge in [0.25, 0.3) is 0 Å². The van der Waals surface area contributed by atoms with E-state index in [9.17, 15) is 9.59 Å². The highest BCUT2D eigenvalue weighted by molar-refractivity contribution is 5.91. The fourth-order valence-electron chi connectivity index (χ4n) is 4.23. The molecular weight excluding hydrogens is 288 g/mol. The van der Waals surface area contributed by atoms with Crippen LogP contribution >= 0.6 is 0 Å². The van der Waals surface area contributed by atoms with Gasteiger partial charge >= 0.3 is 0 Å². The summed E-state index contributed by atoms with van der Waals surface area (Å²) in [7, 11) is 0. The molecule has 0 aromatic heterocycles. The zero-order valence-electron chi connectivity index (χ0n) is 13.9. The average Bonchev–Trinajstić information content (AvgIpc) is 2.61. The molecule has 1 atom stereocenters. The van der Waals surface area contributed by atoms with Crippen LogP contribution in [0.4, 0.5) is 0 Å². The van der Waals surface area contributed by atoms with E-state index in [0.717, 1.165) is 25.7 Å². The molecule has 4 heteroatoms. The lowest BCUT2D eigenvalue weighted by Crippen LogP contribution is -2.64. The molecule has 1 aliphatic heterocycles. The summed E-state index contributed by atoms with van der Waals surface area (Å²) >= 11 is 0. The van der Waals surface area contributed by atoms with Crippen LogP contribution in [0.5, 0.6) is 0 Å². The summed E-state index contributed by atoms with van der Waals surface area (Å²) in [6.07, 6.45) is 6.03. The summed E-state index contributed by atoms with van der Waals surface area (Å²) in [6, 6.07) is 10.5. The van der Waals surface area contributed by atoms with Gasteiger partial charge in [0.15, 0.2) is 0 Å². The van der Waals surface area contributed by atoms with Gasteiger partial charge in [0.1, 0.15) is 0 Å². The highest BCUT2D eigenvalue weighted by atomic mass is 16.2. The number of rotatable bonds is 5. The Morgan fingerprint density at radius 2 is 1.91 bits per heavy atom. The van der Waals surface area contributed by atoms with Gasteiger partial charge in [0, 0.05) is 19.5 Å². The zero-order chi connectivity index (χ0) is 16.3. The summed E-state index contributed by atoms with van der Waals surface area (Å²) in [4.78, 5) is 26.3. The first kappa shape index (κ1) is 16.0. The molecule has 3 rings (SSSR count). The molecule has 1 unspecified atom stereocenters. The van der Waals surface area contributed by atoms with Crippen LogP contribution in [-0.4, -0.2) is 29.8 Å². The first-order chi connectivity index (χ1) is 11.2. The summed E-state index contributed by atoms with van der Waals surface area (Å²) < 4.78 is 0. The molecule has 23 heavy (non-hydrogen) atoms. The molecule has 2 aliphatic rings. The molecule has 2 amide bonds. The fraction of sp³-hybridized carbons (Fsp3) is 0.579. The second kappa shape index (κ2) is 6.73. The number of carbonyl (C=O) groups is 2. The van der Waals surface area contributed by atoms with Crippen LogP contribution in [0.1, 0.15) is 57.1 Å². The largest absolute Gasteiger partial charge is 0.354 e. The third kappa shape index (κ3) is 2.87. The van der Waals surface area contributed by atoms with Crippen molar-refractivity contribution in [1.29, 1.82) is 0 Å². The van der Waals surface area contributed by atoms with Gasteiger partial charge in [-0.15, -0.1) is 0 Å². The van der Waals surface area contributed by atoms with Crippen LogP contribution in [0, 0.1) is 5.41 Å². The molecule has 1 N–H and O–H groups in total. The Hall–Kier alpha value is -1.84. The number of hydrogen-bond donors (Lipinski definition) is 1. The minimum absolute atomic E-state index is 0.0432. The predicted molar refractivity (Wildman–Crippen MR) is 89.7 cm³/mol. The van der Waals surface area contributed by atoms with Crippen molar-refractivity contribution in [3.8, 4) is 0 Å². The number of hydrogen-bond acceptors (Lipinski definition) is 2.